The molecule has 33 heavy (non-hydrogen) atoms. The zero-order valence-electron chi connectivity index (χ0n) is 20.2. The van der Waals surface area contributed by atoms with Gasteiger partial charge in [0.15, 0.2) is 5.69 Å². The zero-order chi connectivity index (χ0) is 23.3. The molecule has 6 rings (SSSR count). The van der Waals surface area contributed by atoms with E-state index in [9.17, 15) is 9.59 Å². The summed E-state index contributed by atoms with van der Waals surface area (Å²) >= 11 is 0. The van der Waals surface area contributed by atoms with Crippen molar-refractivity contribution in [3.63, 3.8) is 0 Å². The van der Waals surface area contributed by atoms with Crippen LogP contribution in [0, 0.1) is 29.6 Å². The predicted octanol–water partition coefficient (Wildman–Crippen LogP) is 5.06. The quantitative estimate of drug-likeness (QED) is 0.573. The molecule has 1 amide bonds. The third-order valence-electron chi connectivity index (χ3n) is 8.07. The van der Waals surface area contributed by atoms with Gasteiger partial charge < -0.3 is 19.9 Å². The second-order valence-electron chi connectivity index (χ2n) is 10.9. The van der Waals surface area contributed by atoms with Crippen LogP contribution in [0.4, 0.5) is 11.4 Å². The number of carbonyl (C=O) groups excluding carboxylic acids is 2. The van der Waals surface area contributed by atoms with E-state index in [0.29, 0.717) is 35.5 Å². The average molecular weight is 453 g/mol. The number of pyridine rings is 1. The molecule has 4 bridgehead atoms. The molecule has 2 heterocycles. The number of nitrogens with one attached hydrogen (secondary N) is 2. The Morgan fingerprint density at radius 2 is 1.82 bits per heavy atom. The summed E-state index contributed by atoms with van der Waals surface area (Å²) in [6.07, 6.45) is 9.59. The number of hydrogen-bond donors (Lipinski definition) is 2. The molecule has 0 spiro atoms. The summed E-state index contributed by atoms with van der Waals surface area (Å²) in [5, 5.41) is 7.49. The molecule has 2 N–H and O–H groups in total. The SMILES string of the molecule is COC(=O)c1c(NC(C)=O)c2cc(NC3C4CC5CC(C4)CC3C5)cnc2n1CCC(C)C. The van der Waals surface area contributed by atoms with Crippen LogP contribution in [0.5, 0.6) is 0 Å². The lowest BCUT2D eigenvalue weighted by atomic mass is 9.54. The molecule has 178 valence electrons. The number of esters is 1. The highest BCUT2D eigenvalue weighted by Crippen LogP contribution is 2.54. The summed E-state index contributed by atoms with van der Waals surface area (Å²) in [6, 6.07) is 2.54. The number of carbonyl (C=O) groups is 2. The van der Waals surface area contributed by atoms with Gasteiger partial charge in [0.25, 0.3) is 0 Å². The fraction of sp³-hybridized carbons (Fsp3) is 0.654. The summed E-state index contributed by atoms with van der Waals surface area (Å²) in [4.78, 5) is 29.6. The summed E-state index contributed by atoms with van der Waals surface area (Å²) in [5.74, 6) is 3.12. The number of amides is 1. The Balaban J connectivity index is 1.53. The van der Waals surface area contributed by atoms with Crippen molar-refractivity contribution >= 4 is 34.3 Å². The van der Waals surface area contributed by atoms with Gasteiger partial charge in [-0.15, -0.1) is 0 Å². The Bertz CT molecular complexity index is 1050. The molecule has 4 saturated carbocycles. The fourth-order valence-electron chi connectivity index (χ4n) is 6.87. The molecule has 2 aromatic heterocycles. The fourth-order valence-corrected chi connectivity index (χ4v) is 6.87. The first-order chi connectivity index (χ1) is 15.8. The van der Waals surface area contributed by atoms with Crippen molar-refractivity contribution in [3.05, 3.63) is 18.0 Å². The number of nitrogens with zero attached hydrogens (tertiary/aromatic N) is 2. The maximum absolute atomic E-state index is 12.8. The normalized spacial score (nSPS) is 27.8. The van der Waals surface area contributed by atoms with Crippen LogP contribution in [0.2, 0.25) is 0 Å². The van der Waals surface area contributed by atoms with Crippen molar-refractivity contribution in [2.75, 3.05) is 17.7 Å². The van der Waals surface area contributed by atoms with Crippen LogP contribution in [0.25, 0.3) is 11.0 Å². The molecule has 7 nitrogen and oxygen atoms in total. The van der Waals surface area contributed by atoms with E-state index in [4.69, 9.17) is 9.72 Å². The maximum atomic E-state index is 12.8. The van der Waals surface area contributed by atoms with Gasteiger partial charge in [-0.3, -0.25) is 4.79 Å². The topological polar surface area (TPSA) is 85.2 Å². The molecule has 0 aromatic carbocycles. The van der Waals surface area contributed by atoms with Crippen molar-refractivity contribution in [3.8, 4) is 0 Å². The second kappa shape index (κ2) is 8.65. The first kappa shape index (κ1) is 22.2. The van der Waals surface area contributed by atoms with Gasteiger partial charge in [0.05, 0.1) is 24.7 Å². The molecule has 4 aliphatic rings. The first-order valence-electron chi connectivity index (χ1n) is 12.5. The Morgan fingerprint density at radius 3 is 2.39 bits per heavy atom. The van der Waals surface area contributed by atoms with Crippen LogP contribution in [-0.4, -0.2) is 34.6 Å². The monoisotopic (exact) mass is 452 g/mol. The lowest BCUT2D eigenvalue weighted by Crippen LogP contribution is -2.51. The lowest BCUT2D eigenvalue weighted by Gasteiger charge is -2.54. The molecule has 7 heteroatoms. The third-order valence-corrected chi connectivity index (χ3v) is 8.07. The third kappa shape index (κ3) is 4.11. The molecule has 0 saturated heterocycles. The number of aromatic nitrogens is 2. The Morgan fingerprint density at radius 1 is 1.15 bits per heavy atom. The van der Waals surface area contributed by atoms with Crippen LogP contribution in [0.3, 0.4) is 0 Å². The van der Waals surface area contributed by atoms with Gasteiger partial charge in [-0.05, 0) is 74.2 Å². The van der Waals surface area contributed by atoms with Crippen LogP contribution < -0.4 is 10.6 Å². The summed E-state index contributed by atoms with van der Waals surface area (Å²) < 4.78 is 7.00. The predicted molar refractivity (Wildman–Crippen MR) is 129 cm³/mol. The van der Waals surface area contributed by atoms with E-state index in [1.54, 1.807) is 0 Å². The Labute approximate surface area is 195 Å². The van der Waals surface area contributed by atoms with Crippen LogP contribution in [0.1, 0.15) is 69.8 Å². The molecule has 0 atom stereocenters. The van der Waals surface area contributed by atoms with Crippen molar-refractivity contribution in [2.24, 2.45) is 29.6 Å². The van der Waals surface area contributed by atoms with Crippen LogP contribution in [-0.2, 0) is 16.1 Å². The largest absolute Gasteiger partial charge is 0.464 e. The molecule has 0 radical (unpaired) electrons. The molecular weight excluding hydrogens is 416 g/mol. The van der Waals surface area contributed by atoms with Gasteiger partial charge >= 0.3 is 5.97 Å². The summed E-state index contributed by atoms with van der Waals surface area (Å²) in [6.45, 7) is 6.40. The van der Waals surface area contributed by atoms with Crippen molar-refractivity contribution < 1.29 is 14.3 Å². The van der Waals surface area contributed by atoms with E-state index in [0.717, 1.165) is 41.2 Å². The van der Waals surface area contributed by atoms with Gasteiger partial charge in [-0.25, -0.2) is 9.78 Å². The Kier molecular flexibility index (Phi) is 5.83. The minimum atomic E-state index is -0.462. The van der Waals surface area contributed by atoms with Crippen molar-refractivity contribution in [2.45, 2.75) is 71.9 Å². The first-order valence-corrected chi connectivity index (χ1v) is 12.5. The van der Waals surface area contributed by atoms with E-state index in [1.807, 2.05) is 10.8 Å². The summed E-state index contributed by atoms with van der Waals surface area (Å²) in [5.41, 5.74) is 2.52. The number of aryl methyl sites for hydroxylation is 1. The maximum Gasteiger partial charge on any atom is 0.356 e. The highest BCUT2D eigenvalue weighted by molar-refractivity contribution is 6.10. The highest BCUT2D eigenvalue weighted by atomic mass is 16.5. The molecule has 4 fully saturated rings. The van der Waals surface area contributed by atoms with E-state index < -0.39 is 5.97 Å². The van der Waals surface area contributed by atoms with E-state index in [2.05, 4.69) is 30.5 Å². The molecule has 0 unspecified atom stereocenters. The number of rotatable bonds is 7. The van der Waals surface area contributed by atoms with Gasteiger partial charge in [0.2, 0.25) is 5.91 Å². The van der Waals surface area contributed by atoms with Crippen molar-refractivity contribution in [1.29, 1.82) is 0 Å². The Hall–Kier alpha value is -2.57. The van der Waals surface area contributed by atoms with E-state index in [1.165, 1.54) is 46.1 Å². The highest BCUT2D eigenvalue weighted by Gasteiger charge is 2.48. The minimum absolute atomic E-state index is 0.220. The lowest BCUT2D eigenvalue weighted by molar-refractivity contribution is -0.114. The number of methoxy groups -OCH3 is 1. The van der Waals surface area contributed by atoms with Crippen LogP contribution in [0.15, 0.2) is 12.3 Å². The minimum Gasteiger partial charge on any atom is -0.464 e. The standard InChI is InChI=1S/C26H36N4O3/c1-14(2)5-6-30-24(26(32)33-4)23(28-15(3)31)21-12-20(13-27-25(21)30)29-22-18-8-16-7-17(10-18)11-19(22)9-16/h12-14,16-19,22,29H,5-11H2,1-4H3,(H,28,31). The second-order valence-corrected chi connectivity index (χ2v) is 10.9. The van der Waals surface area contributed by atoms with Gasteiger partial charge in [0, 0.05) is 24.9 Å². The average Bonchev–Trinajstić information content (AvgIpc) is 3.05. The number of anilines is 2. The number of fused-ring (bicyclic) bond motifs is 1. The smallest absolute Gasteiger partial charge is 0.356 e. The molecular formula is C26H36N4O3. The van der Waals surface area contributed by atoms with Crippen LogP contribution >= 0.6 is 0 Å². The molecule has 0 aliphatic heterocycles. The van der Waals surface area contributed by atoms with Gasteiger partial charge in [-0.2, -0.15) is 0 Å². The number of ether oxygens (including phenoxy) is 1. The van der Waals surface area contributed by atoms with E-state index >= 15 is 0 Å². The molecule has 2 aromatic rings. The zero-order valence-corrected chi connectivity index (χ0v) is 20.2. The molecule has 4 aliphatic carbocycles. The van der Waals surface area contributed by atoms with Crippen molar-refractivity contribution in [1.82, 2.24) is 9.55 Å². The van der Waals surface area contributed by atoms with E-state index in [-0.39, 0.29) is 5.91 Å². The summed E-state index contributed by atoms with van der Waals surface area (Å²) in [7, 11) is 1.37. The number of hydrogen-bond acceptors (Lipinski definition) is 5. The van der Waals surface area contributed by atoms with Gasteiger partial charge in [-0.1, -0.05) is 13.8 Å². The van der Waals surface area contributed by atoms with Gasteiger partial charge in [0.1, 0.15) is 5.65 Å².